The third-order valence-electron chi connectivity index (χ3n) is 10.3. The van der Waals surface area contributed by atoms with Gasteiger partial charge in [-0.05, 0) is 45.3 Å². The van der Waals surface area contributed by atoms with Gasteiger partial charge in [0.2, 0.25) is 0 Å². The van der Waals surface area contributed by atoms with Gasteiger partial charge in [-0.1, -0.05) is 163 Å². The Labute approximate surface area is 286 Å². The van der Waals surface area contributed by atoms with E-state index in [0.717, 1.165) is 0 Å². The van der Waals surface area contributed by atoms with E-state index in [1.807, 2.05) is 11.3 Å². The maximum Gasteiger partial charge on any atom is 0.111 e. The van der Waals surface area contributed by atoms with Crippen molar-refractivity contribution in [2.75, 3.05) is 0 Å². The van der Waals surface area contributed by atoms with E-state index in [0.29, 0.717) is 0 Å². The normalized spacial score (nSPS) is 12.1. The monoisotopic (exact) mass is 640 g/mol. The zero-order chi connectivity index (χ0) is 32.1. The summed E-state index contributed by atoms with van der Waals surface area (Å²) < 4.78 is 5.09. The number of rotatable bonds is 3. The van der Waals surface area contributed by atoms with Gasteiger partial charge in [-0.3, -0.25) is 4.57 Å². The van der Waals surface area contributed by atoms with Gasteiger partial charge in [0.15, 0.2) is 0 Å². The van der Waals surface area contributed by atoms with Crippen molar-refractivity contribution in [3.05, 3.63) is 170 Å². The third-order valence-corrected chi connectivity index (χ3v) is 11.5. The van der Waals surface area contributed by atoms with Crippen LogP contribution in [0, 0.1) is 0 Å². The molecule has 11 aromatic rings. The molecule has 228 valence electrons. The second-order valence-electron chi connectivity index (χ2n) is 12.8. The number of benzene rings is 8. The molecule has 49 heavy (non-hydrogen) atoms. The van der Waals surface area contributed by atoms with Gasteiger partial charge in [0.05, 0.1) is 16.7 Å². The highest BCUT2D eigenvalue weighted by atomic mass is 32.1. The number of hydrogen-bond acceptors (Lipinski definition) is 1. The summed E-state index contributed by atoms with van der Waals surface area (Å²) in [6.07, 6.45) is 0. The fourth-order valence-corrected chi connectivity index (χ4v) is 9.67. The number of thiophene rings is 1. The Kier molecular flexibility index (Phi) is 5.57. The highest BCUT2D eigenvalue weighted by molar-refractivity contribution is 7.26. The number of nitrogens with zero attached hydrogens (tertiary/aromatic N) is 2. The lowest BCUT2D eigenvalue weighted by Gasteiger charge is -2.14. The lowest BCUT2D eigenvalue weighted by Crippen LogP contribution is -1.97. The summed E-state index contributed by atoms with van der Waals surface area (Å²) in [5.41, 5.74) is 7.34. The van der Waals surface area contributed by atoms with E-state index >= 15 is 0 Å². The zero-order valence-corrected chi connectivity index (χ0v) is 27.3. The van der Waals surface area contributed by atoms with Gasteiger partial charge in [-0.15, -0.1) is 0 Å². The lowest BCUT2D eigenvalue weighted by atomic mass is 9.96. The summed E-state index contributed by atoms with van der Waals surface area (Å²) in [5, 5.41) is 12.9. The van der Waals surface area contributed by atoms with Gasteiger partial charge in [0, 0.05) is 43.6 Å². The van der Waals surface area contributed by atoms with Crippen molar-refractivity contribution in [1.82, 2.24) is 9.13 Å². The Bertz CT molecular complexity index is 3090. The van der Waals surface area contributed by atoms with Crippen LogP contribution in [0.1, 0.15) is 0 Å². The van der Waals surface area contributed by atoms with Crippen molar-refractivity contribution in [1.29, 1.82) is 0 Å². The lowest BCUT2D eigenvalue weighted by molar-refractivity contribution is 1.20. The fraction of sp³-hybridized carbons (Fsp3) is 0. The SMILES string of the molecule is c1ccc(-c2ccccc2-n2c3sc4c(c3c3ccc5ccccc5c32)c2c3ccccc3c3ccccc3c2n4-c2ccccc2)cc1. The van der Waals surface area contributed by atoms with Gasteiger partial charge in [0.1, 0.15) is 9.66 Å². The highest BCUT2D eigenvalue weighted by Crippen LogP contribution is 2.52. The number of hydrogen-bond donors (Lipinski definition) is 0. The Balaban J connectivity index is 1.43. The van der Waals surface area contributed by atoms with Crippen LogP contribution >= 0.6 is 11.3 Å². The van der Waals surface area contributed by atoms with Crippen LogP contribution in [0.15, 0.2) is 170 Å². The molecule has 3 heterocycles. The van der Waals surface area contributed by atoms with Crippen LogP contribution in [0.5, 0.6) is 0 Å². The molecule has 0 atom stereocenters. The van der Waals surface area contributed by atoms with Crippen LogP contribution in [0.4, 0.5) is 0 Å². The molecule has 0 N–H and O–H groups in total. The Morgan fingerprint density at radius 1 is 0.347 bits per heavy atom. The predicted octanol–water partition coefficient (Wildman–Crippen LogP) is 13.1. The smallest absolute Gasteiger partial charge is 0.111 e. The standard InChI is InChI=1S/C46H28N2S/c1-3-15-29(16-4-1)32-20-13-14-26-39(32)48-43-33-21-8-7-17-30(33)27-28-38(43)41-42-40-36-24-11-9-22-34(36)35-23-10-12-25-37(35)44(40)47(46(42)49-45(41)48)31-18-5-2-6-19-31/h1-28H. The molecule has 3 aromatic heterocycles. The van der Waals surface area contributed by atoms with Gasteiger partial charge >= 0.3 is 0 Å². The van der Waals surface area contributed by atoms with E-state index in [4.69, 9.17) is 0 Å². The summed E-state index contributed by atoms with van der Waals surface area (Å²) >= 11 is 1.91. The number of aromatic nitrogens is 2. The van der Waals surface area contributed by atoms with Gasteiger partial charge < -0.3 is 4.57 Å². The molecule has 0 amide bonds. The molecule has 8 aromatic carbocycles. The topological polar surface area (TPSA) is 9.86 Å². The van der Waals surface area contributed by atoms with Gasteiger partial charge in [-0.25, -0.2) is 0 Å². The molecule has 0 fully saturated rings. The maximum absolute atomic E-state index is 2.56. The fourth-order valence-electron chi connectivity index (χ4n) is 8.30. The Hall–Kier alpha value is -6.16. The third kappa shape index (κ3) is 3.65. The predicted molar refractivity (Wildman–Crippen MR) is 211 cm³/mol. The van der Waals surface area contributed by atoms with E-state index in [2.05, 4.69) is 179 Å². The van der Waals surface area contributed by atoms with Gasteiger partial charge in [0.25, 0.3) is 0 Å². The molecule has 0 aliphatic heterocycles. The van der Waals surface area contributed by atoms with Crippen molar-refractivity contribution in [2.45, 2.75) is 0 Å². The van der Waals surface area contributed by atoms with Crippen LogP contribution < -0.4 is 0 Å². The molecule has 2 nitrogen and oxygen atoms in total. The second-order valence-corrected chi connectivity index (χ2v) is 13.8. The average Bonchev–Trinajstić information content (AvgIpc) is 3.82. The van der Waals surface area contributed by atoms with E-state index in [-0.39, 0.29) is 0 Å². The van der Waals surface area contributed by atoms with E-state index in [1.54, 1.807) is 0 Å². The molecule has 0 radical (unpaired) electrons. The molecule has 0 aliphatic carbocycles. The van der Waals surface area contributed by atoms with Crippen LogP contribution in [0.25, 0.3) is 97.1 Å². The molecule has 0 saturated heterocycles. The molecule has 0 saturated carbocycles. The zero-order valence-electron chi connectivity index (χ0n) is 26.5. The molecule has 11 rings (SSSR count). The first kappa shape index (κ1) is 26.9. The molecular weight excluding hydrogens is 613 g/mol. The molecular formula is C46H28N2S. The van der Waals surface area contributed by atoms with Crippen molar-refractivity contribution in [3.8, 4) is 22.5 Å². The van der Waals surface area contributed by atoms with Gasteiger partial charge in [-0.2, -0.15) is 0 Å². The molecule has 3 heteroatoms. The van der Waals surface area contributed by atoms with Crippen LogP contribution in [-0.2, 0) is 0 Å². The van der Waals surface area contributed by atoms with Crippen LogP contribution in [0.3, 0.4) is 0 Å². The first-order valence-corrected chi connectivity index (χ1v) is 17.6. The van der Waals surface area contributed by atoms with Crippen molar-refractivity contribution >= 4 is 85.9 Å². The van der Waals surface area contributed by atoms with E-state index in [1.165, 1.54) is 97.1 Å². The van der Waals surface area contributed by atoms with E-state index < -0.39 is 0 Å². The van der Waals surface area contributed by atoms with Crippen LogP contribution in [-0.4, -0.2) is 9.13 Å². The van der Waals surface area contributed by atoms with Crippen molar-refractivity contribution in [2.24, 2.45) is 0 Å². The summed E-state index contributed by atoms with van der Waals surface area (Å²) in [6, 6.07) is 62.0. The summed E-state index contributed by atoms with van der Waals surface area (Å²) in [5.74, 6) is 0. The number of fused-ring (bicyclic) bond motifs is 14. The second kappa shape index (κ2) is 10.2. The number of para-hydroxylation sites is 2. The molecule has 0 spiro atoms. The minimum absolute atomic E-state index is 1.18. The van der Waals surface area contributed by atoms with Crippen molar-refractivity contribution in [3.63, 3.8) is 0 Å². The first-order chi connectivity index (χ1) is 24.4. The molecule has 0 bridgehead atoms. The summed E-state index contributed by atoms with van der Waals surface area (Å²) in [4.78, 5) is 2.54. The molecule has 0 unspecified atom stereocenters. The Morgan fingerprint density at radius 2 is 0.939 bits per heavy atom. The highest BCUT2D eigenvalue weighted by Gasteiger charge is 2.27. The first-order valence-electron chi connectivity index (χ1n) is 16.8. The van der Waals surface area contributed by atoms with E-state index in [9.17, 15) is 0 Å². The van der Waals surface area contributed by atoms with Crippen LogP contribution in [0.2, 0.25) is 0 Å². The summed E-state index contributed by atoms with van der Waals surface area (Å²) in [6.45, 7) is 0. The van der Waals surface area contributed by atoms with Crippen molar-refractivity contribution < 1.29 is 0 Å². The molecule has 0 aliphatic rings. The quantitative estimate of drug-likeness (QED) is 0.170. The Morgan fingerprint density at radius 3 is 1.73 bits per heavy atom. The minimum Gasteiger partial charge on any atom is -0.300 e. The maximum atomic E-state index is 2.56. The average molecular weight is 641 g/mol. The largest absolute Gasteiger partial charge is 0.300 e. The minimum atomic E-state index is 1.18. The summed E-state index contributed by atoms with van der Waals surface area (Å²) in [7, 11) is 0.